The summed E-state index contributed by atoms with van der Waals surface area (Å²) in [6.07, 6.45) is 0. The molecule has 17 heavy (non-hydrogen) atoms. The number of esters is 1. The number of rotatable bonds is 3. The molecule has 0 heterocycles. The topological polar surface area (TPSA) is 60.4 Å². The zero-order chi connectivity index (χ0) is 13.2. The lowest BCUT2D eigenvalue weighted by atomic mass is 10.2. The van der Waals surface area contributed by atoms with Crippen LogP contribution in [0.2, 0.25) is 0 Å². The van der Waals surface area contributed by atoms with Crippen LogP contribution >= 0.6 is 15.9 Å². The van der Waals surface area contributed by atoms with Gasteiger partial charge in [0.25, 0.3) is 0 Å². The molecule has 0 amide bonds. The average Bonchev–Trinajstić information content (AvgIpc) is 2.26. The van der Waals surface area contributed by atoms with Gasteiger partial charge in [0.1, 0.15) is 0 Å². The minimum Gasteiger partial charge on any atom is -0.468 e. The molecule has 6 heteroatoms. The number of sulfone groups is 1. The highest BCUT2D eigenvalue weighted by molar-refractivity contribution is 9.10. The number of halogens is 1. The van der Waals surface area contributed by atoms with Crippen molar-refractivity contribution in [3.8, 4) is 0 Å². The van der Waals surface area contributed by atoms with Gasteiger partial charge in [-0.2, -0.15) is 0 Å². The summed E-state index contributed by atoms with van der Waals surface area (Å²) in [5, 5.41) is -1.20. The van der Waals surface area contributed by atoms with Crippen molar-refractivity contribution >= 4 is 31.7 Å². The maximum Gasteiger partial charge on any atom is 0.324 e. The molecule has 4 nitrogen and oxygen atoms in total. The van der Waals surface area contributed by atoms with E-state index in [1.165, 1.54) is 20.1 Å². The van der Waals surface area contributed by atoms with E-state index in [0.29, 0.717) is 5.56 Å². The minimum absolute atomic E-state index is 0.151. The van der Waals surface area contributed by atoms with Gasteiger partial charge in [-0.3, -0.25) is 4.79 Å². The van der Waals surface area contributed by atoms with Crippen molar-refractivity contribution in [3.05, 3.63) is 28.2 Å². The van der Waals surface area contributed by atoms with Crippen molar-refractivity contribution in [1.82, 2.24) is 0 Å². The quantitative estimate of drug-likeness (QED) is 0.800. The summed E-state index contributed by atoms with van der Waals surface area (Å²) in [5.41, 5.74) is 0.593. The molecule has 1 unspecified atom stereocenters. The molecule has 1 aromatic carbocycles. The number of carbonyl (C=O) groups excluding carboxylic acids is 1. The van der Waals surface area contributed by atoms with Crippen molar-refractivity contribution in [2.75, 3.05) is 7.11 Å². The monoisotopic (exact) mass is 320 g/mol. The van der Waals surface area contributed by atoms with Crippen LogP contribution in [-0.4, -0.2) is 26.7 Å². The molecule has 0 aliphatic rings. The first kappa shape index (κ1) is 14.2. The van der Waals surface area contributed by atoms with E-state index in [2.05, 4.69) is 20.7 Å². The SMILES string of the molecule is COC(=O)C(C)S(=O)(=O)c1ccc(Br)cc1C. The van der Waals surface area contributed by atoms with Crippen LogP contribution in [-0.2, 0) is 19.4 Å². The first-order valence-electron chi connectivity index (χ1n) is 4.88. The molecule has 1 rings (SSSR count). The Hall–Kier alpha value is -0.880. The van der Waals surface area contributed by atoms with Gasteiger partial charge in [0.15, 0.2) is 15.1 Å². The van der Waals surface area contributed by atoms with Gasteiger partial charge in [-0.05, 0) is 37.6 Å². The van der Waals surface area contributed by atoms with Gasteiger partial charge in [0, 0.05) is 4.47 Å². The van der Waals surface area contributed by atoms with Crippen LogP contribution < -0.4 is 0 Å². The summed E-state index contributed by atoms with van der Waals surface area (Å²) >= 11 is 3.26. The largest absolute Gasteiger partial charge is 0.468 e. The summed E-state index contributed by atoms with van der Waals surface area (Å²) in [5.74, 6) is -0.757. The van der Waals surface area contributed by atoms with Crippen LogP contribution in [0.3, 0.4) is 0 Å². The van der Waals surface area contributed by atoms with Gasteiger partial charge in [-0.15, -0.1) is 0 Å². The van der Waals surface area contributed by atoms with E-state index >= 15 is 0 Å². The van der Waals surface area contributed by atoms with Crippen molar-refractivity contribution < 1.29 is 17.9 Å². The molecule has 1 atom stereocenters. The van der Waals surface area contributed by atoms with Gasteiger partial charge in [-0.1, -0.05) is 15.9 Å². The summed E-state index contributed by atoms with van der Waals surface area (Å²) in [6, 6.07) is 4.80. The van der Waals surface area contributed by atoms with Crippen LogP contribution in [0.15, 0.2) is 27.6 Å². The molecule has 1 aromatic rings. The molecule has 0 saturated heterocycles. The normalized spacial score (nSPS) is 13.2. The number of benzene rings is 1. The van der Waals surface area contributed by atoms with E-state index < -0.39 is 21.1 Å². The van der Waals surface area contributed by atoms with E-state index in [1.807, 2.05) is 0 Å². The highest BCUT2D eigenvalue weighted by Crippen LogP contribution is 2.23. The van der Waals surface area contributed by atoms with Crippen LogP contribution in [0, 0.1) is 6.92 Å². The summed E-state index contributed by atoms with van der Waals surface area (Å²) in [6.45, 7) is 3.00. The third-order valence-electron chi connectivity index (χ3n) is 2.44. The predicted molar refractivity (Wildman–Crippen MR) is 67.5 cm³/mol. The third kappa shape index (κ3) is 2.87. The van der Waals surface area contributed by atoms with Crippen LogP contribution in [0.25, 0.3) is 0 Å². The molecule has 0 saturated carbocycles. The fraction of sp³-hybridized carbons (Fsp3) is 0.364. The second kappa shape index (κ2) is 5.18. The maximum absolute atomic E-state index is 12.1. The van der Waals surface area contributed by atoms with E-state index in [9.17, 15) is 13.2 Å². The predicted octanol–water partition coefficient (Wildman–Crippen LogP) is 2.09. The zero-order valence-electron chi connectivity index (χ0n) is 9.73. The van der Waals surface area contributed by atoms with Crippen molar-refractivity contribution in [3.63, 3.8) is 0 Å². The molecular formula is C11H13BrO4S. The number of aryl methyl sites for hydroxylation is 1. The van der Waals surface area contributed by atoms with Crippen molar-refractivity contribution in [1.29, 1.82) is 0 Å². The Morgan fingerprint density at radius 3 is 2.47 bits per heavy atom. The fourth-order valence-electron chi connectivity index (χ4n) is 1.42. The Kier molecular flexibility index (Phi) is 4.32. The highest BCUT2D eigenvalue weighted by Gasteiger charge is 2.31. The van der Waals surface area contributed by atoms with E-state index in [0.717, 1.165) is 4.47 Å². The number of hydrogen-bond donors (Lipinski definition) is 0. The average molecular weight is 321 g/mol. The van der Waals surface area contributed by atoms with Crippen LogP contribution in [0.1, 0.15) is 12.5 Å². The molecule has 0 aliphatic heterocycles. The molecule has 0 fully saturated rings. The van der Waals surface area contributed by atoms with Gasteiger partial charge in [0.05, 0.1) is 12.0 Å². The Balaban J connectivity index is 3.27. The molecular weight excluding hydrogens is 308 g/mol. The van der Waals surface area contributed by atoms with E-state index in [1.54, 1.807) is 19.1 Å². The molecule has 0 aliphatic carbocycles. The lowest BCUT2D eigenvalue weighted by Gasteiger charge is -2.12. The van der Waals surface area contributed by atoms with E-state index in [-0.39, 0.29) is 4.90 Å². The van der Waals surface area contributed by atoms with Crippen molar-refractivity contribution in [2.45, 2.75) is 24.0 Å². The summed E-state index contributed by atoms with van der Waals surface area (Å²) in [7, 11) is -2.52. The van der Waals surface area contributed by atoms with Gasteiger partial charge >= 0.3 is 5.97 Å². The summed E-state index contributed by atoms with van der Waals surface area (Å²) < 4.78 is 29.5. The molecule has 0 radical (unpaired) electrons. The molecule has 94 valence electrons. The Bertz CT molecular complexity index is 536. The maximum atomic E-state index is 12.1. The molecule has 0 spiro atoms. The first-order chi connectivity index (χ1) is 7.80. The number of ether oxygens (including phenoxy) is 1. The first-order valence-corrected chi connectivity index (χ1v) is 7.22. The Labute approximate surface area is 109 Å². The molecule has 0 aromatic heterocycles. The lowest BCUT2D eigenvalue weighted by Crippen LogP contribution is -2.28. The fourth-order valence-corrected chi connectivity index (χ4v) is 3.39. The number of carbonyl (C=O) groups is 1. The van der Waals surface area contributed by atoms with Gasteiger partial charge in [-0.25, -0.2) is 8.42 Å². The van der Waals surface area contributed by atoms with Crippen LogP contribution in [0.5, 0.6) is 0 Å². The highest BCUT2D eigenvalue weighted by atomic mass is 79.9. The smallest absolute Gasteiger partial charge is 0.324 e. The van der Waals surface area contributed by atoms with Crippen molar-refractivity contribution in [2.24, 2.45) is 0 Å². The molecule has 0 N–H and O–H groups in total. The minimum atomic E-state index is -3.69. The van der Waals surface area contributed by atoms with Crippen LogP contribution in [0.4, 0.5) is 0 Å². The second-order valence-electron chi connectivity index (χ2n) is 3.62. The van der Waals surface area contributed by atoms with E-state index in [4.69, 9.17) is 0 Å². The third-order valence-corrected chi connectivity index (χ3v) is 5.13. The Morgan fingerprint density at radius 2 is 2.00 bits per heavy atom. The summed E-state index contributed by atoms with van der Waals surface area (Å²) in [4.78, 5) is 11.5. The van der Waals surface area contributed by atoms with Gasteiger partial charge in [0.2, 0.25) is 0 Å². The molecule has 0 bridgehead atoms. The Morgan fingerprint density at radius 1 is 1.41 bits per heavy atom. The number of methoxy groups -OCH3 is 1. The number of hydrogen-bond acceptors (Lipinski definition) is 4. The zero-order valence-corrected chi connectivity index (χ0v) is 12.1. The van der Waals surface area contributed by atoms with Gasteiger partial charge < -0.3 is 4.74 Å². The second-order valence-corrected chi connectivity index (χ2v) is 6.77. The standard InChI is InChI=1S/C11H13BrO4S/c1-7-6-9(12)4-5-10(7)17(14,15)8(2)11(13)16-3/h4-6,8H,1-3H3. The lowest BCUT2D eigenvalue weighted by molar-refractivity contribution is -0.139.